The largest absolute Gasteiger partial charge is 2.00 e. The van der Waals surface area contributed by atoms with Gasteiger partial charge >= 0.3 is 0 Å². The van der Waals surface area contributed by atoms with Gasteiger partial charge in [-0.25, -0.2) is 0 Å². The zero-order chi connectivity index (χ0) is 13.3. The molecule has 111 valence electrons. The monoisotopic (exact) mass is 464 g/mol. The molecule has 0 aliphatic carbocycles. The number of amides is 4. The standard InChI is InChI=1S/C8H14N4O4S.O.Re/c9-5(13)1-10-6(14)2-11-7(15)3-12-8(16)4-17;;/h17H,1-4H2,(H2,9,13)(H,10,14)(H,11,15)(H,12,16);;/q;-2;/p-1. The number of nitrogens with one attached hydrogen (secondary N) is 3. The van der Waals surface area contributed by atoms with Crippen LogP contribution < -0.4 is 21.7 Å². The predicted molar refractivity (Wildman–Crippen MR) is 61.1 cm³/mol. The van der Waals surface area contributed by atoms with E-state index in [0.717, 1.165) is 0 Å². The number of carbonyl (C=O) groups excluding carboxylic acids is 4. The maximum absolute atomic E-state index is 11.1. The zero-order valence-corrected chi connectivity index (χ0v) is 13.3. The first-order valence-electron chi connectivity index (χ1n) is 4.62. The van der Waals surface area contributed by atoms with E-state index in [2.05, 4.69) is 28.6 Å². The van der Waals surface area contributed by atoms with E-state index >= 15 is 0 Å². The van der Waals surface area contributed by atoms with Gasteiger partial charge in [0.1, 0.15) is 0 Å². The molecule has 0 aromatic rings. The van der Waals surface area contributed by atoms with Crippen LogP contribution in [-0.4, -0.2) is 49.0 Å². The Morgan fingerprint density at radius 3 is 1.58 bits per heavy atom. The van der Waals surface area contributed by atoms with Crippen molar-refractivity contribution in [2.75, 3.05) is 25.4 Å². The first kappa shape index (κ1) is 23.0. The van der Waals surface area contributed by atoms with Gasteiger partial charge in [-0.1, -0.05) is 5.75 Å². The number of nitrogens with two attached hydrogens (primary N) is 1. The molecule has 0 heterocycles. The van der Waals surface area contributed by atoms with Gasteiger partial charge in [0.15, 0.2) is 5.91 Å². The zero-order valence-electron chi connectivity index (χ0n) is 9.73. The molecule has 0 atom stereocenters. The van der Waals surface area contributed by atoms with Crippen LogP contribution in [0.1, 0.15) is 0 Å². The van der Waals surface area contributed by atoms with Crippen molar-refractivity contribution in [1.29, 1.82) is 0 Å². The van der Waals surface area contributed by atoms with Crippen molar-refractivity contribution in [3.63, 3.8) is 0 Å². The fourth-order valence-electron chi connectivity index (χ4n) is 0.719. The third kappa shape index (κ3) is 14.8. The van der Waals surface area contributed by atoms with Crippen LogP contribution in [0.25, 0.3) is 0 Å². The third-order valence-electron chi connectivity index (χ3n) is 1.48. The minimum absolute atomic E-state index is 0. The normalized spacial score (nSPS) is 8.26. The summed E-state index contributed by atoms with van der Waals surface area (Å²) < 4.78 is 0. The van der Waals surface area contributed by atoms with Crippen LogP contribution in [0.3, 0.4) is 0 Å². The van der Waals surface area contributed by atoms with E-state index < -0.39 is 23.6 Å². The second-order valence-electron chi connectivity index (χ2n) is 2.94. The van der Waals surface area contributed by atoms with Crippen LogP contribution in [0.15, 0.2) is 0 Å². The Kier molecular flexibility index (Phi) is 16.1. The Morgan fingerprint density at radius 2 is 1.21 bits per heavy atom. The fraction of sp³-hybridized carbons (Fsp3) is 0.500. The molecule has 19 heavy (non-hydrogen) atoms. The van der Waals surface area contributed by atoms with Crippen molar-refractivity contribution in [1.82, 2.24) is 16.0 Å². The van der Waals surface area contributed by atoms with E-state index in [-0.39, 0.29) is 51.3 Å². The molecule has 0 aromatic carbocycles. The maximum atomic E-state index is 11.1. The van der Waals surface area contributed by atoms with Crippen molar-refractivity contribution in [3.05, 3.63) is 0 Å². The molecule has 0 saturated carbocycles. The summed E-state index contributed by atoms with van der Waals surface area (Å²) in [6, 6.07) is 0. The molecule has 0 aliphatic heterocycles. The summed E-state index contributed by atoms with van der Waals surface area (Å²) in [5, 5.41) is 6.66. The van der Waals surface area contributed by atoms with Crippen molar-refractivity contribution in [3.8, 4) is 0 Å². The van der Waals surface area contributed by atoms with E-state index in [1.54, 1.807) is 0 Å². The van der Waals surface area contributed by atoms with E-state index in [0.29, 0.717) is 0 Å². The molecule has 0 spiro atoms. The Balaban J connectivity index is -0.00000128. The van der Waals surface area contributed by atoms with Crippen LogP contribution in [0.2, 0.25) is 0 Å². The molecule has 9 nitrogen and oxygen atoms in total. The molecule has 0 aromatic heterocycles. The number of hydrogen-bond donors (Lipinski definition) is 4. The van der Waals surface area contributed by atoms with Crippen LogP contribution in [0.4, 0.5) is 0 Å². The van der Waals surface area contributed by atoms with Crippen LogP contribution in [0.5, 0.6) is 0 Å². The van der Waals surface area contributed by atoms with E-state index in [4.69, 9.17) is 5.73 Å². The van der Waals surface area contributed by atoms with Crippen molar-refractivity contribution in [2.24, 2.45) is 5.73 Å². The van der Waals surface area contributed by atoms with Gasteiger partial charge in [-0.2, -0.15) is 0 Å². The second kappa shape index (κ2) is 13.3. The molecule has 5 N–H and O–H groups in total. The summed E-state index contributed by atoms with van der Waals surface area (Å²) in [5.74, 6) is -2.33. The van der Waals surface area contributed by atoms with E-state index in [1.807, 2.05) is 0 Å². The average Bonchev–Trinajstić information content (AvgIpc) is 2.30. The average molecular weight is 463 g/mol. The molecule has 0 rings (SSSR count). The molecule has 0 unspecified atom stereocenters. The molecule has 1 radical (unpaired) electrons. The molecule has 11 heteroatoms. The fourth-order valence-corrected chi connectivity index (χ4v) is 0.822. The molecule has 0 fully saturated rings. The van der Waals surface area contributed by atoms with Gasteiger partial charge in [-0.05, 0) is 0 Å². The molecular weight excluding hydrogens is 450 g/mol. The summed E-state index contributed by atoms with van der Waals surface area (Å²) in [6.07, 6.45) is 0. The summed E-state index contributed by atoms with van der Waals surface area (Å²) in [6.45, 7) is -0.837. The van der Waals surface area contributed by atoms with Gasteiger partial charge in [0.25, 0.3) is 0 Å². The Bertz CT molecular complexity index is 328. The number of primary amides is 1. The maximum Gasteiger partial charge on any atom is 0.239 e. The summed E-state index contributed by atoms with van der Waals surface area (Å²) in [5.41, 5.74) is 4.79. The number of hydrogen-bond acceptors (Lipinski definition) is 5. The summed E-state index contributed by atoms with van der Waals surface area (Å²) in [4.78, 5) is 43.1. The molecular formula is C8H13N4O5ReS-3. The molecule has 0 saturated heterocycles. The topological polar surface area (TPSA) is 159 Å². The van der Waals surface area contributed by atoms with Crippen LogP contribution >= 0.6 is 0 Å². The second-order valence-corrected chi connectivity index (χ2v) is 3.23. The predicted octanol–water partition coefficient (Wildman–Crippen LogP) is -3.75. The van der Waals surface area contributed by atoms with Gasteiger partial charge in [0, 0.05) is 20.4 Å². The first-order chi connectivity index (χ1) is 7.95. The van der Waals surface area contributed by atoms with E-state index in [9.17, 15) is 19.2 Å². The van der Waals surface area contributed by atoms with Crippen LogP contribution in [-0.2, 0) is 57.7 Å². The Hall–Kier alpha value is -1.15. The van der Waals surface area contributed by atoms with Gasteiger partial charge in [0.2, 0.25) is 17.7 Å². The van der Waals surface area contributed by atoms with Gasteiger partial charge in [-0.15, -0.1) is 0 Å². The minimum Gasteiger partial charge on any atom is -2.00 e. The molecule has 4 amide bonds. The van der Waals surface area contributed by atoms with Crippen molar-refractivity contribution in [2.45, 2.75) is 0 Å². The smallest absolute Gasteiger partial charge is 0.239 e. The summed E-state index contributed by atoms with van der Waals surface area (Å²) in [7, 11) is 0. The van der Waals surface area contributed by atoms with Gasteiger partial charge in [-0.3, -0.25) is 19.2 Å². The molecule has 0 aliphatic rings. The SMILES string of the molecule is NC(=O)CNC(=O)CNC(=O)CNC(=O)C[S-].[O-2].[Re]. The van der Waals surface area contributed by atoms with Crippen molar-refractivity contribution < 1.29 is 45.1 Å². The first-order valence-corrected chi connectivity index (χ1v) is 5.20. The Labute approximate surface area is 128 Å². The third-order valence-corrected chi connectivity index (χ3v) is 1.75. The quantitative estimate of drug-likeness (QED) is 0.285. The summed E-state index contributed by atoms with van der Waals surface area (Å²) >= 11 is 4.44. The number of carbonyl (C=O) groups is 4. The van der Waals surface area contributed by atoms with E-state index in [1.165, 1.54) is 0 Å². The van der Waals surface area contributed by atoms with Crippen LogP contribution in [0, 0.1) is 0 Å². The Morgan fingerprint density at radius 1 is 0.842 bits per heavy atom. The van der Waals surface area contributed by atoms with Gasteiger partial charge in [0.05, 0.1) is 19.6 Å². The number of rotatable bonds is 7. The van der Waals surface area contributed by atoms with Gasteiger partial charge < -0.3 is 39.8 Å². The minimum atomic E-state index is -0.678. The van der Waals surface area contributed by atoms with Crippen molar-refractivity contribution >= 4 is 36.3 Å². The molecule has 0 bridgehead atoms.